The van der Waals surface area contributed by atoms with E-state index in [9.17, 15) is 24.0 Å². The number of hydrogen-bond acceptors (Lipinski definition) is 7. The van der Waals surface area contributed by atoms with E-state index < -0.39 is 23.4 Å². The number of pyridine rings is 1. The largest absolute Gasteiger partial charge is 0.465 e. The predicted molar refractivity (Wildman–Crippen MR) is 101 cm³/mol. The molecule has 9 heteroatoms. The Labute approximate surface area is 165 Å². The first-order valence-corrected chi connectivity index (χ1v) is 8.76. The molecule has 1 heterocycles. The summed E-state index contributed by atoms with van der Waals surface area (Å²) < 4.78 is 9.29. The molecule has 0 saturated heterocycles. The third-order valence-electron chi connectivity index (χ3n) is 4.53. The topological polar surface area (TPSA) is 132 Å². The van der Waals surface area contributed by atoms with Crippen LogP contribution in [0.25, 0.3) is 0 Å². The Morgan fingerprint density at radius 2 is 1.55 bits per heavy atom. The number of carbonyl (C=O) groups excluding carboxylic acids is 4. The minimum Gasteiger partial charge on any atom is -0.465 e. The van der Waals surface area contributed by atoms with Gasteiger partial charge in [0.15, 0.2) is 5.78 Å². The van der Waals surface area contributed by atoms with Crippen LogP contribution in [-0.4, -0.2) is 42.8 Å². The summed E-state index contributed by atoms with van der Waals surface area (Å²) in [6.45, 7) is 0. The molecule has 1 aliphatic rings. The number of methoxy groups -OCH3 is 2. The van der Waals surface area contributed by atoms with Gasteiger partial charge in [0.25, 0.3) is 11.5 Å². The molecule has 1 aromatic carbocycles. The lowest BCUT2D eigenvalue weighted by molar-refractivity contribution is 0.0598. The number of aromatic amines is 1. The van der Waals surface area contributed by atoms with Crippen molar-refractivity contribution in [1.29, 1.82) is 0 Å². The number of benzene rings is 1. The zero-order valence-corrected chi connectivity index (χ0v) is 15.8. The average Bonchev–Trinajstić information content (AvgIpc) is 2.71. The number of fused-ring (bicyclic) bond motifs is 1. The smallest absolute Gasteiger partial charge is 0.337 e. The first kappa shape index (κ1) is 20.0. The van der Waals surface area contributed by atoms with Crippen LogP contribution < -0.4 is 10.9 Å². The van der Waals surface area contributed by atoms with E-state index in [1.807, 2.05) is 0 Å². The highest BCUT2D eigenvalue weighted by molar-refractivity contribution is 6.07. The monoisotopic (exact) mass is 398 g/mol. The molecular formula is C20H18N2O7. The Kier molecular flexibility index (Phi) is 5.58. The number of ether oxygens (including phenoxy) is 2. The second-order valence-corrected chi connectivity index (χ2v) is 6.42. The molecule has 0 spiro atoms. The fourth-order valence-corrected chi connectivity index (χ4v) is 3.11. The molecule has 3 rings (SSSR count). The fraction of sp³-hybridized carbons (Fsp3) is 0.250. The molecule has 2 aromatic rings. The van der Waals surface area contributed by atoms with Crippen molar-refractivity contribution in [1.82, 2.24) is 4.98 Å². The third-order valence-corrected chi connectivity index (χ3v) is 4.53. The van der Waals surface area contributed by atoms with Gasteiger partial charge in [-0.3, -0.25) is 14.4 Å². The molecule has 0 saturated carbocycles. The number of ketones is 1. The lowest BCUT2D eigenvalue weighted by Gasteiger charge is -2.15. The number of nitrogens with one attached hydrogen (secondary N) is 2. The van der Waals surface area contributed by atoms with Crippen LogP contribution in [0.1, 0.15) is 60.0 Å². The van der Waals surface area contributed by atoms with Gasteiger partial charge in [-0.25, -0.2) is 9.59 Å². The van der Waals surface area contributed by atoms with Crippen molar-refractivity contribution < 1.29 is 28.7 Å². The number of amides is 1. The number of Topliss-reactive ketones (excluding diaryl/α,β-unsaturated/α-hetero) is 1. The highest BCUT2D eigenvalue weighted by atomic mass is 16.5. The van der Waals surface area contributed by atoms with E-state index in [4.69, 9.17) is 0 Å². The lowest BCUT2D eigenvalue weighted by atomic mass is 9.93. The molecule has 0 unspecified atom stereocenters. The molecule has 29 heavy (non-hydrogen) atoms. The van der Waals surface area contributed by atoms with Crippen molar-refractivity contribution >= 4 is 29.3 Å². The molecule has 0 aliphatic heterocycles. The number of H-pyrrole nitrogens is 1. The van der Waals surface area contributed by atoms with Crippen LogP contribution in [0, 0.1) is 0 Å². The van der Waals surface area contributed by atoms with Crippen LogP contribution in [0.4, 0.5) is 5.69 Å². The van der Waals surface area contributed by atoms with Gasteiger partial charge in [0, 0.05) is 23.4 Å². The normalized spacial score (nSPS) is 12.7. The minimum atomic E-state index is -0.787. The minimum absolute atomic E-state index is 0.0141. The van der Waals surface area contributed by atoms with E-state index in [0.29, 0.717) is 30.5 Å². The van der Waals surface area contributed by atoms with Gasteiger partial charge in [-0.2, -0.15) is 0 Å². The highest BCUT2D eigenvalue weighted by Crippen LogP contribution is 2.20. The van der Waals surface area contributed by atoms with Crippen molar-refractivity contribution in [2.24, 2.45) is 0 Å². The van der Waals surface area contributed by atoms with Crippen molar-refractivity contribution in [2.75, 3.05) is 19.5 Å². The number of anilines is 1. The molecule has 0 fully saturated rings. The standard InChI is InChI=1S/C20H18N2O7/c1-28-19(26)10-6-11(20(27)29-2)8-12(7-10)21-17(24)14-9-13-15(22-18(14)25)4-3-5-16(13)23/h6-9H,3-5H2,1-2H3,(H,21,24)(H,22,25). The molecule has 9 nitrogen and oxygen atoms in total. The van der Waals surface area contributed by atoms with Crippen LogP contribution in [0.3, 0.4) is 0 Å². The molecule has 0 radical (unpaired) electrons. The lowest BCUT2D eigenvalue weighted by Crippen LogP contribution is -2.27. The van der Waals surface area contributed by atoms with Crippen LogP contribution in [-0.2, 0) is 15.9 Å². The Morgan fingerprint density at radius 1 is 0.931 bits per heavy atom. The first-order valence-electron chi connectivity index (χ1n) is 8.76. The van der Waals surface area contributed by atoms with E-state index in [2.05, 4.69) is 19.8 Å². The van der Waals surface area contributed by atoms with Crippen molar-refractivity contribution in [3.8, 4) is 0 Å². The zero-order chi connectivity index (χ0) is 21.1. The quantitative estimate of drug-likeness (QED) is 0.750. The van der Waals surface area contributed by atoms with Gasteiger partial charge in [-0.15, -0.1) is 0 Å². The third kappa shape index (κ3) is 4.08. The average molecular weight is 398 g/mol. The molecule has 0 bridgehead atoms. The molecule has 0 atom stereocenters. The highest BCUT2D eigenvalue weighted by Gasteiger charge is 2.23. The summed E-state index contributed by atoms with van der Waals surface area (Å²) in [6, 6.07) is 5.13. The van der Waals surface area contributed by atoms with E-state index in [1.54, 1.807) is 0 Å². The fourth-order valence-electron chi connectivity index (χ4n) is 3.11. The summed E-state index contributed by atoms with van der Waals surface area (Å²) in [6.07, 6.45) is 1.55. The van der Waals surface area contributed by atoms with Gasteiger partial charge in [-0.1, -0.05) is 0 Å². The summed E-state index contributed by atoms with van der Waals surface area (Å²) in [5, 5.41) is 2.47. The van der Waals surface area contributed by atoms with Gasteiger partial charge in [0.05, 0.1) is 25.3 Å². The molecular weight excluding hydrogens is 380 g/mol. The van der Waals surface area contributed by atoms with Gasteiger partial charge < -0.3 is 19.8 Å². The molecule has 2 N–H and O–H groups in total. The number of esters is 2. The SMILES string of the molecule is COC(=O)c1cc(NC(=O)c2cc3c([nH]c2=O)CCCC3=O)cc(C(=O)OC)c1. The van der Waals surface area contributed by atoms with Gasteiger partial charge >= 0.3 is 11.9 Å². The summed E-state index contributed by atoms with van der Waals surface area (Å²) in [5.41, 5.74) is 0.0700. The Balaban J connectivity index is 1.97. The zero-order valence-electron chi connectivity index (χ0n) is 15.8. The number of aromatic nitrogens is 1. The first-order chi connectivity index (χ1) is 13.8. The van der Waals surface area contributed by atoms with Crippen molar-refractivity contribution in [3.05, 3.63) is 62.6 Å². The summed E-state index contributed by atoms with van der Waals surface area (Å²) in [5.74, 6) is -2.37. The number of rotatable bonds is 4. The van der Waals surface area contributed by atoms with E-state index in [-0.39, 0.29) is 28.2 Å². The van der Waals surface area contributed by atoms with Gasteiger partial charge in [0.1, 0.15) is 5.56 Å². The van der Waals surface area contributed by atoms with Crippen molar-refractivity contribution in [2.45, 2.75) is 19.3 Å². The Bertz CT molecular complexity index is 1050. The van der Waals surface area contributed by atoms with Crippen LogP contribution >= 0.6 is 0 Å². The number of hydrogen-bond donors (Lipinski definition) is 2. The maximum atomic E-state index is 12.7. The Hall–Kier alpha value is -3.75. The molecule has 150 valence electrons. The van der Waals surface area contributed by atoms with Crippen LogP contribution in [0.2, 0.25) is 0 Å². The number of aryl methyl sites for hydroxylation is 1. The second-order valence-electron chi connectivity index (χ2n) is 6.42. The van der Waals surface area contributed by atoms with E-state index >= 15 is 0 Å². The maximum absolute atomic E-state index is 12.7. The Morgan fingerprint density at radius 3 is 2.14 bits per heavy atom. The maximum Gasteiger partial charge on any atom is 0.337 e. The number of carbonyl (C=O) groups is 4. The van der Waals surface area contributed by atoms with E-state index in [0.717, 1.165) is 0 Å². The van der Waals surface area contributed by atoms with Gasteiger partial charge in [-0.05, 0) is 37.1 Å². The summed E-state index contributed by atoms with van der Waals surface area (Å²) >= 11 is 0. The molecule has 1 amide bonds. The molecule has 1 aliphatic carbocycles. The summed E-state index contributed by atoms with van der Waals surface area (Å²) in [4.78, 5) is 63.3. The predicted octanol–water partition coefficient (Wildman–Crippen LogP) is 1.72. The van der Waals surface area contributed by atoms with Crippen LogP contribution in [0.5, 0.6) is 0 Å². The van der Waals surface area contributed by atoms with Crippen molar-refractivity contribution in [3.63, 3.8) is 0 Å². The van der Waals surface area contributed by atoms with E-state index in [1.165, 1.54) is 38.5 Å². The molecule has 1 aromatic heterocycles. The summed E-state index contributed by atoms with van der Waals surface area (Å²) in [7, 11) is 2.35. The van der Waals surface area contributed by atoms with Crippen LogP contribution in [0.15, 0.2) is 29.1 Å². The second kappa shape index (κ2) is 8.09. The van der Waals surface area contributed by atoms with Gasteiger partial charge in [0.2, 0.25) is 0 Å².